The van der Waals surface area contributed by atoms with Crippen molar-refractivity contribution in [1.82, 2.24) is 10.4 Å². The van der Waals surface area contributed by atoms with Crippen LogP contribution in [0, 0.1) is 0 Å². The highest BCUT2D eigenvalue weighted by Gasteiger charge is 2.46. The van der Waals surface area contributed by atoms with E-state index in [1.54, 1.807) is 54.6 Å². The van der Waals surface area contributed by atoms with Crippen LogP contribution in [0.25, 0.3) is 0 Å². The van der Waals surface area contributed by atoms with Crippen molar-refractivity contribution in [2.24, 2.45) is 0 Å². The standard InChI is InChI=1S/C27H23N3O6/c31-24-19-12-7-13-21-23(19)20(25(32)28-21)14-22(24)30(27(34)36-16-18-10-5-2-6-11-18)29-26(33)35-15-17-8-3-1-4-9-17/h1-13,20,22H,14-16H2,(H,28,32)(H,29,33)/t20-,22+/m1/s1. The highest BCUT2D eigenvalue weighted by molar-refractivity contribution is 6.13. The molecule has 0 aromatic heterocycles. The number of ether oxygens (including phenoxy) is 2. The first-order valence-corrected chi connectivity index (χ1v) is 11.5. The van der Waals surface area contributed by atoms with Crippen LogP contribution in [0.2, 0.25) is 0 Å². The van der Waals surface area contributed by atoms with Gasteiger partial charge in [-0.25, -0.2) is 20.0 Å². The molecule has 0 spiro atoms. The molecule has 36 heavy (non-hydrogen) atoms. The molecule has 9 nitrogen and oxygen atoms in total. The van der Waals surface area contributed by atoms with Gasteiger partial charge in [0.1, 0.15) is 19.3 Å². The van der Waals surface area contributed by atoms with Gasteiger partial charge in [-0.2, -0.15) is 0 Å². The van der Waals surface area contributed by atoms with E-state index < -0.39 is 29.9 Å². The Hall–Kier alpha value is -4.66. The third-order valence-corrected chi connectivity index (χ3v) is 6.19. The summed E-state index contributed by atoms with van der Waals surface area (Å²) in [6.45, 7) is -0.0993. The first-order chi connectivity index (χ1) is 17.5. The van der Waals surface area contributed by atoms with Crippen LogP contribution in [-0.4, -0.2) is 34.9 Å². The number of hydrazine groups is 1. The minimum Gasteiger partial charge on any atom is -0.443 e. The first-order valence-electron chi connectivity index (χ1n) is 11.5. The zero-order valence-corrected chi connectivity index (χ0v) is 19.2. The van der Waals surface area contributed by atoms with Gasteiger partial charge in [0.25, 0.3) is 0 Å². The summed E-state index contributed by atoms with van der Waals surface area (Å²) in [4.78, 5) is 51.9. The summed E-state index contributed by atoms with van der Waals surface area (Å²) >= 11 is 0. The first kappa shape index (κ1) is 23.1. The third kappa shape index (κ3) is 4.63. The van der Waals surface area contributed by atoms with E-state index in [1.165, 1.54) is 0 Å². The van der Waals surface area contributed by atoms with Crippen LogP contribution in [0.5, 0.6) is 0 Å². The Labute approximate surface area is 207 Å². The zero-order valence-electron chi connectivity index (χ0n) is 19.2. The Balaban J connectivity index is 1.37. The molecule has 0 bridgehead atoms. The predicted octanol–water partition coefficient (Wildman–Crippen LogP) is 4.16. The summed E-state index contributed by atoms with van der Waals surface area (Å²) < 4.78 is 10.7. The quantitative estimate of drug-likeness (QED) is 0.525. The van der Waals surface area contributed by atoms with Gasteiger partial charge in [0.2, 0.25) is 5.91 Å². The summed E-state index contributed by atoms with van der Waals surface area (Å²) in [5, 5.41) is 3.61. The maximum Gasteiger partial charge on any atom is 0.429 e. The summed E-state index contributed by atoms with van der Waals surface area (Å²) in [5.41, 5.74) is 5.39. The lowest BCUT2D eigenvalue weighted by molar-refractivity contribution is -0.117. The highest BCUT2D eigenvalue weighted by Crippen LogP contribution is 2.43. The molecular weight excluding hydrogens is 462 g/mol. The molecule has 1 aliphatic heterocycles. The van der Waals surface area contributed by atoms with Crippen molar-refractivity contribution in [3.05, 3.63) is 101 Å². The number of benzene rings is 3. The summed E-state index contributed by atoms with van der Waals surface area (Å²) in [6.07, 6.45) is -1.88. The molecule has 3 aromatic carbocycles. The van der Waals surface area contributed by atoms with Crippen LogP contribution in [-0.2, 0) is 27.5 Å². The molecule has 0 radical (unpaired) electrons. The van der Waals surface area contributed by atoms with Gasteiger partial charge in [-0.3, -0.25) is 9.59 Å². The van der Waals surface area contributed by atoms with Crippen molar-refractivity contribution in [2.45, 2.75) is 31.6 Å². The van der Waals surface area contributed by atoms with Gasteiger partial charge in [-0.05, 0) is 29.2 Å². The van der Waals surface area contributed by atoms with E-state index in [2.05, 4.69) is 10.7 Å². The fraction of sp³-hybridized carbons (Fsp3) is 0.185. The van der Waals surface area contributed by atoms with Crippen molar-refractivity contribution in [1.29, 1.82) is 0 Å². The molecule has 5 rings (SSSR count). The smallest absolute Gasteiger partial charge is 0.429 e. The van der Waals surface area contributed by atoms with Gasteiger partial charge in [0, 0.05) is 11.3 Å². The van der Waals surface area contributed by atoms with E-state index in [1.807, 2.05) is 24.3 Å². The second-order valence-corrected chi connectivity index (χ2v) is 8.51. The Morgan fingerprint density at radius 2 is 1.50 bits per heavy atom. The number of hydrogen-bond acceptors (Lipinski definition) is 6. The van der Waals surface area contributed by atoms with Crippen LogP contribution in [0.1, 0.15) is 39.4 Å². The maximum atomic E-state index is 13.4. The molecule has 9 heteroatoms. The number of nitrogens with one attached hydrogen (secondary N) is 2. The fourth-order valence-electron chi connectivity index (χ4n) is 4.47. The SMILES string of the molecule is O=C(NN(C(=O)OCc1ccccc1)[C@H]1C[C@H]2C(=O)Nc3cccc(c32)C1=O)OCc1ccccc1. The molecule has 1 heterocycles. The van der Waals surface area contributed by atoms with Gasteiger partial charge in [-0.1, -0.05) is 72.8 Å². The molecule has 0 saturated carbocycles. The molecule has 1 aliphatic carbocycles. The third-order valence-electron chi connectivity index (χ3n) is 6.19. The van der Waals surface area contributed by atoms with Crippen molar-refractivity contribution in [3.63, 3.8) is 0 Å². The summed E-state index contributed by atoms with van der Waals surface area (Å²) in [5.74, 6) is -1.30. The van der Waals surface area contributed by atoms with E-state index in [0.29, 0.717) is 16.8 Å². The van der Waals surface area contributed by atoms with Gasteiger partial charge in [-0.15, -0.1) is 0 Å². The van der Waals surface area contributed by atoms with Crippen LogP contribution in [0.4, 0.5) is 15.3 Å². The molecule has 3 aromatic rings. The maximum absolute atomic E-state index is 13.4. The topological polar surface area (TPSA) is 114 Å². The average molecular weight is 485 g/mol. The van der Waals surface area contributed by atoms with E-state index in [9.17, 15) is 19.2 Å². The fourth-order valence-corrected chi connectivity index (χ4v) is 4.47. The van der Waals surface area contributed by atoms with Crippen LogP contribution in [0.15, 0.2) is 78.9 Å². The molecule has 182 valence electrons. The normalized spacial score (nSPS) is 17.6. The highest BCUT2D eigenvalue weighted by atomic mass is 16.6. The number of amides is 3. The predicted molar refractivity (Wildman–Crippen MR) is 129 cm³/mol. The van der Waals surface area contributed by atoms with E-state index in [0.717, 1.165) is 16.1 Å². The molecule has 3 amide bonds. The minimum absolute atomic E-state index is 0.00587. The monoisotopic (exact) mass is 485 g/mol. The molecular formula is C27H23N3O6. The number of rotatable bonds is 5. The number of carbonyl (C=O) groups is 4. The molecule has 2 atom stereocenters. The lowest BCUT2D eigenvalue weighted by Gasteiger charge is -2.34. The van der Waals surface area contributed by atoms with Gasteiger partial charge >= 0.3 is 12.2 Å². The zero-order chi connectivity index (χ0) is 25.1. The molecule has 0 fully saturated rings. The lowest BCUT2D eigenvalue weighted by Crippen LogP contribution is -2.56. The van der Waals surface area contributed by atoms with E-state index in [-0.39, 0.29) is 25.5 Å². The van der Waals surface area contributed by atoms with Crippen LogP contribution in [0.3, 0.4) is 0 Å². The minimum atomic E-state index is -1.16. The molecule has 2 N–H and O–H groups in total. The van der Waals surface area contributed by atoms with Crippen molar-refractivity contribution in [2.75, 3.05) is 5.32 Å². The Bertz CT molecular complexity index is 1310. The number of hydrogen-bond donors (Lipinski definition) is 2. The number of anilines is 1. The molecule has 2 aliphatic rings. The van der Waals surface area contributed by atoms with Gasteiger partial charge in [0.15, 0.2) is 5.78 Å². The summed E-state index contributed by atoms with van der Waals surface area (Å²) in [6, 6.07) is 21.9. The molecule has 0 saturated heterocycles. The number of ketones is 1. The van der Waals surface area contributed by atoms with Crippen LogP contribution < -0.4 is 10.7 Å². The summed E-state index contributed by atoms with van der Waals surface area (Å²) in [7, 11) is 0. The second-order valence-electron chi connectivity index (χ2n) is 8.51. The van der Waals surface area contributed by atoms with E-state index >= 15 is 0 Å². The van der Waals surface area contributed by atoms with Gasteiger partial charge in [0.05, 0.1) is 5.92 Å². The Morgan fingerprint density at radius 1 is 0.861 bits per heavy atom. The second kappa shape index (κ2) is 9.91. The van der Waals surface area contributed by atoms with Gasteiger partial charge < -0.3 is 14.8 Å². The lowest BCUT2D eigenvalue weighted by atomic mass is 9.80. The number of Topliss-reactive ketones (excluding diaryl/α,β-unsaturated/α-hetero) is 1. The number of nitrogens with zero attached hydrogens (tertiary/aromatic N) is 1. The van der Waals surface area contributed by atoms with Crippen molar-refractivity contribution < 1.29 is 28.7 Å². The van der Waals surface area contributed by atoms with Crippen molar-refractivity contribution in [3.8, 4) is 0 Å². The van der Waals surface area contributed by atoms with E-state index in [4.69, 9.17) is 9.47 Å². The largest absolute Gasteiger partial charge is 0.443 e. The Kier molecular flexibility index (Phi) is 6.36. The van der Waals surface area contributed by atoms with Crippen molar-refractivity contribution >= 4 is 29.6 Å². The van der Waals surface area contributed by atoms with Crippen LogP contribution >= 0.6 is 0 Å². The number of carbonyl (C=O) groups excluding carboxylic acids is 4. The molecule has 0 unspecified atom stereocenters. The average Bonchev–Trinajstić information content (AvgIpc) is 3.23. The Morgan fingerprint density at radius 3 is 2.17 bits per heavy atom.